The highest BCUT2D eigenvalue weighted by Gasteiger charge is 2.35. The topological polar surface area (TPSA) is 52.6 Å². The van der Waals surface area contributed by atoms with Crippen LogP contribution in [-0.4, -0.2) is 48.7 Å². The summed E-state index contributed by atoms with van der Waals surface area (Å²) in [5.74, 6) is -0.698. The minimum atomic E-state index is -0.698. The molecular formula is C11H20N2O2. The highest BCUT2D eigenvalue weighted by Crippen LogP contribution is 2.39. The Bertz CT molecular complexity index is 227. The summed E-state index contributed by atoms with van der Waals surface area (Å²) in [6.45, 7) is 4.42. The first-order chi connectivity index (χ1) is 7.20. The zero-order chi connectivity index (χ0) is 10.7. The van der Waals surface area contributed by atoms with Crippen molar-refractivity contribution < 1.29 is 9.90 Å². The van der Waals surface area contributed by atoms with Crippen molar-refractivity contribution in [1.29, 1.82) is 0 Å². The molecule has 0 aromatic heterocycles. The van der Waals surface area contributed by atoms with Crippen LogP contribution in [0.5, 0.6) is 0 Å². The van der Waals surface area contributed by atoms with Crippen LogP contribution in [0.2, 0.25) is 0 Å². The number of piperidine rings is 2. The second-order valence-corrected chi connectivity index (χ2v) is 4.92. The molecule has 0 aromatic carbocycles. The summed E-state index contributed by atoms with van der Waals surface area (Å²) in [6.07, 6.45) is 4.91. The number of hydrogen-bond acceptors (Lipinski definition) is 3. The van der Waals surface area contributed by atoms with Crippen molar-refractivity contribution in [3.63, 3.8) is 0 Å². The van der Waals surface area contributed by atoms with E-state index in [9.17, 15) is 4.79 Å². The summed E-state index contributed by atoms with van der Waals surface area (Å²) in [5.41, 5.74) is 0.528. The van der Waals surface area contributed by atoms with Gasteiger partial charge in [-0.15, -0.1) is 0 Å². The molecule has 2 aliphatic rings. The highest BCUT2D eigenvalue weighted by atomic mass is 16.4. The fourth-order valence-electron chi connectivity index (χ4n) is 2.83. The predicted molar refractivity (Wildman–Crippen MR) is 57.8 cm³/mol. The van der Waals surface area contributed by atoms with Crippen LogP contribution in [0.4, 0.5) is 0 Å². The van der Waals surface area contributed by atoms with Gasteiger partial charge in [0.15, 0.2) is 0 Å². The molecule has 0 saturated carbocycles. The predicted octanol–water partition coefficient (Wildman–Crippen LogP) is 0.537. The van der Waals surface area contributed by atoms with Crippen molar-refractivity contribution >= 4 is 5.97 Å². The molecule has 0 bridgehead atoms. The Balaban J connectivity index is 1.82. The third kappa shape index (κ3) is 2.69. The van der Waals surface area contributed by atoms with Crippen LogP contribution < -0.4 is 5.32 Å². The third-order valence-corrected chi connectivity index (χ3v) is 3.94. The van der Waals surface area contributed by atoms with Crippen LogP contribution in [-0.2, 0) is 4.79 Å². The Labute approximate surface area is 90.6 Å². The van der Waals surface area contributed by atoms with Crippen molar-refractivity contribution in [2.24, 2.45) is 5.41 Å². The van der Waals surface area contributed by atoms with Gasteiger partial charge in [0.25, 0.3) is 0 Å². The molecule has 0 unspecified atom stereocenters. The van der Waals surface area contributed by atoms with E-state index in [-0.39, 0.29) is 6.54 Å². The van der Waals surface area contributed by atoms with E-state index in [4.69, 9.17) is 5.11 Å². The van der Waals surface area contributed by atoms with Crippen molar-refractivity contribution in [2.75, 3.05) is 32.7 Å². The summed E-state index contributed by atoms with van der Waals surface area (Å²) in [7, 11) is 0. The Hall–Kier alpha value is -0.610. The molecule has 0 aromatic rings. The molecule has 0 amide bonds. The number of nitrogens with one attached hydrogen (secondary N) is 1. The third-order valence-electron chi connectivity index (χ3n) is 3.94. The number of carboxylic acid groups (broad SMARTS) is 1. The fourth-order valence-corrected chi connectivity index (χ4v) is 2.83. The van der Waals surface area contributed by atoms with E-state index in [2.05, 4.69) is 10.2 Å². The maximum absolute atomic E-state index is 10.6. The zero-order valence-corrected chi connectivity index (χ0v) is 9.17. The van der Waals surface area contributed by atoms with Gasteiger partial charge >= 0.3 is 5.97 Å². The maximum atomic E-state index is 10.6. The van der Waals surface area contributed by atoms with Gasteiger partial charge in [0, 0.05) is 0 Å². The van der Waals surface area contributed by atoms with Crippen LogP contribution in [0.1, 0.15) is 25.7 Å². The molecule has 2 rings (SSSR count). The van der Waals surface area contributed by atoms with E-state index < -0.39 is 5.97 Å². The van der Waals surface area contributed by atoms with E-state index >= 15 is 0 Å². The van der Waals surface area contributed by atoms with Crippen LogP contribution in [0.3, 0.4) is 0 Å². The summed E-state index contributed by atoms with van der Waals surface area (Å²) in [6, 6.07) is 0. The van der Waals surface area contributed by atoms with Crippen LogP contribution in [0.25, 0.3) is 0 Å². The van der Waals surface area contributed by atoms with Crippen molar-refractivity contribution in [1.82, 2.24) is 10.2 Å². The van der Waals surface area contributed by atoms with Gasteiger partial charge in [-0.2, -0.15) is 0 Å². The van der Waals surface area contributed by atoms with Gasteiger partial charge in [0.05, 0.1) is 6.54 Å². The monoisotopic (exact) mass is 212 g/mol. The standard InChI is InChI=1S/C11H20N2O2/c14-10(15)9-13-7-3-11(4-8-13)1-5-12-6-2-11/h12H,1-9H2,(H,14,15). The molecule has 4 nitrogen and oxygen atoms in total. The minimum absolute atomic E-state index is 0.217. The largest absolute Gasteiger partial charge is 0.480 e. The van der Waals surface area contributed by atoms with Crippen molar-refractivity contribution in [3.05, 3.63) is 0 Å². The molecule has 86 valence electrons. The van der Waals surface area contributed by atoms with Crippen LogP contribution >= 0.6 is 0 Å². The van der Waals surface area contributed by atoms with E-state index in [1.54, 1.807) is 0 Å². The minimum Gasteiger partial charge on any atom is -0.480 e. The van der Waals surface area contributed by atoms with Gasteiger partial charge in [0.1, 0.15) is 0 Å². The Kier molecular flexibility index (Phi) is 3.26. The molecule has 0 radical (unpaired) electrons. The van der Waals surface area contributed by atoms with E-state index in [1.165, 1.54) is 25.7 Å². The average molecular weight is 212 g/mol. The molecule has 2 saturated heterocycles. The van der Waals surface area contributed by atoms with Crippen LogP contribution in [0.15, 0.2) is 0 Å². The lowest BCUT2D eigenvalue weighted by molar-refractivity contribution is -0.139. The first-order valence-corrected chi connectivity index (χ1v) is 5.85. The van der Waals surface area contributed by atoms with E-state index in [1.807, 2.05) is 0 Å². The second kappa shape index (κ2) is 4.49. The molecule has 1 spiro atoms. The number of aliphatic carboxylic acids is 1. The zero-order valence-electron chi connectivity index (χ0n) is 9.17. The summed E-state index contributed by atoms with van der Waals surface area (Å²) in [4.78, 5) is 12.6. The lowest BCUT2D eigenvalue weighted by Crippen LogP contribution is -2.46. The van der Waals surface area contributed by atoms with E-state index in [0.29, 0.717) is 5.41 Å². The molecule has 2 fully saturated rings. The number of carboxylic acids is 1. The first kappa shape index (κ1) is 10.9. The quantitative estimate of drug-likeness (QED) is 0.701. The second-order valence-electron chi connectivity index (χ2n) is 4.92. The average Bonchev–Trinajstić information content (AvgIpc) is 2.23. The Morgan fingerprint density at radius 1 is 1.20 bits per heavy atom. The summed E-state index contributed by atoms with van der Waals surface area (Å²) in [5, 5.41) is 12.1. The maximum Gasteiger partial charge on any atom is 0.317 e. The number of carbonyl (C=O) groups is 1. The number of likely N-dealkylation sites (tertiary alicyclic amines) is 1. The first-order valence-electron chi connectivity index (χ1n) is 5.85. The van der Waals surface area contributed by atoms with Crippen LogP contribution in [0, 0.1) is 5.41 Å². The molecule has 2 heterocycles. The molecular weight excluding hydrogens is 192 g/mol. The Morgan fingerprint density at radius 2 is 1.80 bits per heavy atom. The SMILES string of the molecule is O=C(O)CN1CCC2(CCNCC2)CC1. The van der Waals surface area contributed by atoms with Crippen molar-refractivity contribution in [3.8, 4) is 0 Å². The Morgan fingerprint density at radius 3 is 2.33 bits per heavy atom. The van der Waals surface area contributed by atoms with Gasteiger partial charge < -0.3 is 10.4 Å². The van der Waals surface area contributed by atoms with Gasteiger partial charge in [0.2, 0.25) is 0 Å². The molecule has 15 heavy (non-hydrogen) atoms. The highest BCUT2D eigenvalue weighted by molar-refractivity contribution is 5.69. The number of rotatable bonds is 2. The normalized spacial score (nSPS) is 26.7. The lowest BCUT2D eigenvalue weighted by atomic mass is 9.71. The van der Waals surface area contributed by atoms with Gasteiger partial charge in [-0.05, 0) is 57.3 Å². The summed E-state index contributed by atoms with van der Waals surface area (Å²) >= 11 is 0. The van der Waals surface area contributed by atoms with Crippen molar-refractivity contribution in [2.45, 2.75) is 25.7 Å². The van der Waals surface area contributed by atoms with Gasteiger partial charge in [-0.3, -0.25) is 9.69 Å². The molecule has 0 atom stereocenters. The molecule has 2 aliphatic heterocycles. The fraction of sp³-hybridized carbons (Fsp3) is 0.909. The molecule has 0 aliphatic carbocycles. The molecule has 4 heteroatoms. The number of hydrogen-bond donors (Lipinski definition) is 2. The summed E-state index contributed by atoms with van der Waals surface area (Å²) < 4.78 is 0. The number of nitrogens with zero attached hydrogens (tertiary/aromatic N) is 1. The van der Waals surface area contributed by atoms with Gasteiger partial charge in [-0.25, -0.2) is 0 Å². The molecule has 2 N–H and O–H groups in total. The smallest absolute Gasteiger partial charge is 0.317 e. The lowest BCUT2D eigenvalue weighted by Gasteiger charge is -2.44. The van der Waals surface area contributed by atoms with Gasteiger partial charge in [-0.1, -0.05) is 0 Å². The van der Waals surface area contributed by atoms with E-state index in [0.717, 1.165) is 26.2 Å².